The molecule has 1 amide bonds. The van der Waals surface area contributed by atoms with Gasteiger partial charge < -0.3 is 4.74 Å². The van der Waals surface area contributed by atoms with Crippen LogP contribution in [0.15, 0.2) is 29.2 Å². The Kier molecular flexibility index (Phi) is 8.02. The first-order valence-corrected chi connectivity index (χ1v) is 10.6. The molecular formula is C18H28N2O5S. The van der Waals surface area contributed by atoms with E-state index in [1.54, 1.807) is 24.3 Å². The number of aryl methyl sites for hydroxylation is 1. The van der Waals surface area contributed by atoms with E-state index < -0.39 is 10.0 Å². The molecule has 0 saturated carbocycles. The predicted octanol–water partition coefficient (Wildman–Crippen LogP) is 2.22. The van der Waals surface area contributed by atoms with Gasteiger partial charge >= 0.3 is 0 Å². The molecule has 1 N–H and O–H groups in total. The van der Waals surface area contributed by atoms with Crippen molar-refractivity contribution in [2.24, 2.45) is 0 Å². The molecule has 8 heteroatoms. The van der Waals surface area contributed by atoms with Crippen LogP contribution in [0.1, 0.15) is 45.1 Å². The molecule has 1 atom stereocenters. The molecule has 146 valence electrons. The lowest BCUT2D eigenvalue weighted by Gasteiger charge is -2.22. The van der Waals surface area contributed by atoms with Gasteiger partial charge in [-0.15, -0.1) is 0 Å². The number of hydrogen-bond donors (Lipinski definition) is 1. The van der Waals surface area contributed by atoms with E-state index in [4.69, 9.17) is 9.57 Å². The molecule has 1 saturated heterocycles. The van der Waals surface area contributed by atoms with Gasteiger partial charge in [0.05, 0.1) is 4.90 Å². The number of ether oxygens (including phenoxy) is 1. The summed E-state index contributed by atoms with van der Waals surface area (Å²) in [6, 6.07) is 6.67. The van der Waals surface area contributed by atoms with Crippen LogP contribution in [0.5, 0.6) is 0 Å². The predicted molar refractivity (Wildman–Crippen MR) is 97.7 cm³/mol. The van der Waals surface area contributed by atoms with Crippen LogP contribution in [0.4, 0.5) is 0 Å². The number of rotatable bonds is 9. The molecular weight excluding hydrogens is 356 g/mol. The normalized spacial score (nSPS) is 18.0. The molecule has 0 spiro atoms. The molecule has 7 nitrogen and oxygen atoms in total. The standard InChI is InChI=1S/C18H28N2O5S/c1-3-20(4-2)26(22,23)16-11-8-15(9-12-16)10-13-17(21)19-25-18-7-5-6-14-24-18/h8-9,11-12,18H,3-7,10,13-14H2,1-2H3,(H,19,21). The lowest BCUT2D eigenvalue weighted by molar-refractivity contribution is -0.200. The molecule has 0 bridgehead atoms. The van der Waals surface area contributed by atoms with Crippen LogP contribution in [-0.4, -0.2) is 44.6 Å². The van der Waals surface area contributed by atoms with Crippen molar-refractivity contribution in [2.45, 2.75) is 57.1 Å². The SMILES string of the molecule is CCN(CC)S(=O)(=O)c1ccc(CCC(=O)NOC2CCCCO2)cc1. The van der Waals surface area contributed by atoms with E-state index in [0.717, 1.165) is 24.8 Å². The van der Waals surface area contributed by atoms with E-state index in [1.165, 1.54) is 4.31 Å². The number of carbonyl (C=O) groups is 1. The van der Waals surface area contributed by atoms with Crippen LogP contribution < -0.4 is 5.48 Å². The van der Waals surface area contributed by atoms with Crippen LogP contribution in [0.3, 0.4) is 0 Å². The molecule has 26 heavy (non-hydrogen) atoms. The second kappa shape index (κ2) is 10.0. The highest BCUT2D eigenvalue weighted by Gasteiger charge is 2.21. The molecule has 1 aliphatic rings. The average Bonchev–Trinajstić information content (AvgIpc) is 2.66. The molecule has 1 aliphatic heterocycles. The summed E-state index contributed by atoms with van der Waals surface area (Å²) in [5, 5.41) is 0. The minimum atomic E-state index is -3.45. The van der Waals surface area contributed by atoms with Crippen molar-refractivity contribution in [3.8, 4) is 0 Å². The Bertz CT molecular complexity index is 665. The van der Waals surface area contributed by atoms with Gasteiger partial charge in [0, 0.05) is 32.5 Å². The molecule has 1 heterocycles. The Balaban J connectivity index is 1.82. The summed E-state index contributed by atoms with van der Waals surface area (Å²) >= 11 is 0. The number of nitrogens with one attached hydrogen (secondary N) is 1. The Hall–Kier alpha value is -1.48. The fourth-order valence-electron chi connectivity index (χ4n) is 2.79. The van der Waals surface area contributed by atoms with Gasteiger partial charge in [-0.1, -0.05) is 26.0 Å². The smallest absolute Gasteiger partial charge is 0.243 e. The van der Waals surface area contributed by atoms with Crippen molar-refractivity contribution >= 4 is 15.9 Å². The van der Waals surface area contributed by atoms with Crippen molar-refractivity contribution < 1.29 is 22.8 Å². The van der Waals surface area contributed by atoms with Crippen molar-refractivity contribution in [2.75, 3.05) is 19.7 Å². The maximum Gasteiger partial charge on any atom is 0.243 e. The third-order valence-corrected chi connectivity index (χ3v) is 6.41. The van der Waals surface area contributed by atoms with E-state index in [-0.39, 0.29) is 23.5 Å². The highest BCUT2D eigenvalue weighted by Crippen LogP contribution is 2.17. The summed E-state index contributed by atoms with van der Waals surface area (Å²) in [5.74, 6) is -0.223. The summed E-state index contributed by atoms with van der Waals surface area (Å²) in [6.07, 6.45) is 3.23. The fourth-order valence-corrected chi connectivity index (χ4v) is 4.24. The minimum Gasteiger partial charge on any atom is -0.350 e. The van der Waals surface area contributed by atoms with Gasteiger partial charge in [-0.3, -0.25) is 4.79 Å². The summed E-state index contributed by atoms with van der Waals surface area (Å²) in [7, 11) is -3.45. The Morgan fingerprint density at radius 3 is 2.50 bits per heavy atom. The molecule has 1 aromatic carbocycles. The quantitative estimate of drug-likeness (QED) is 0.660. The molecule has 0 radical (unpaired) electrons. The largest absolute Gasteiger partial charge is 0.350 e. The first kappa shape index (κ1) is 20.8. The highest BCUT2D eigenvalue weighted by atomic mass is 32.2. The van der Waals surface area contributed by atoms with E-state index in [9.17, 15) is 13.2 Å². The number of hydrogen-bond acceptors (Lipinski definition) is 5. The number of amides is 1. The third kappa shape index (κ3) is 5.77. The van der Waals surface area contributed by atoms with E-state index in [1.807, 2.05) is 13.8 Å². The van der Waals surface area contributed by atoms with Crippen LogP contribution in [0.2, 0.25) is 0 Å². The summed E-state index contributed by atoms with van der Waals surface area (Å²) in [6.45, 7) is 5.16. The topological polar surface area (TPSA) is 84.9 Å². The number of sulfonamides is 1. The number of hydroxylamine groups is 1. The van der Waals surface area contributed by atoms with Gasteiger partial charge in [0.2, 0.25) is 15.9 Å². The Morgan fingerprint density at radius 2 is 1.92 bits per heavy atom. The summed E-state index contributed by atoms with van der Waals surface area (Å²) in [5.41, 5.74) is 3.32. The molecule has 1 unspecified atom stereocenters. The molecule has 2 rings (SSSR count). The number of carbonyl (C=O) groups excluding carboxylic acids is 1. The van der Waals surface area contributed by atoms with E-state index >= 15 is 0 Å². The van der Waals surface area contributed by atoms with Crippen LogP contribution in [0.25, 0.3) is 0 Å². The Morgan fingerprint density at radius 1 is 1.23 bits per heavy atom. The molecule has 0 aromatic heterocycles. The molecule has 1 fully saturated rings. The fraction of sp³-hybridized carbons (Fsp3) is 0.611. The number of nitrogens with zero attached hydrogens (tertiary/aromatic N) is 1. The highest BCUT2D eigenvalue weighted by molar-refractivity contribution is 7.89. The minimum absolute atomic E-state index is 0.223. The summed E-state index contributed by atoms with van der Waals surface area (Å²) < 4.78 is 31.7. The molecule has 0 aliphatic carbocycles. The molecule has 1 aromatic rings. The van der Waals surface area contributed by atoms with Gasteiger partial charge in [0.25, 0.3) is 0 Å². The lowest BCUT2D eigenvalue weighted by Crippen LogP contribution is -2.33. The average molecular weight is 384 g/mol. The third-order valence-electron chi connectivity index (χ3n) is 4.35. The van der Waals surface area contributed by atoms with Crippen LogP contribution in [0, 0.1) is 0 Å². The second-order valence-electron chi connectivity index (χ2n) is 6.17. The first-order chi connectivity index (χ1) is 12.5. The first-order valence-electron chi connectivity index (χ1n) is 9.12. The van der Waals surface area contributed by atoms with Gasteiger partial charge in [-0.2, -0.15) is 4.31 Å². The maximum absolute atomic E-state index is 12.4. The monoisotopic (exact) mass is 384 g/mol. The van der Waals surface area contributed by atoms with Crippen LogP contribution in [-0.2, 0) is 30.8 Å². The van der Waals surface area contributed by atoms with Gasteiger partial charge in [0.15, 0.2) is 6.29 Å². The second-order valence-corrected chi connectivity index (χ2v) is 8.11. The van der Waals surface area contributed by atoms with Gasteiger partial charge in [0.1, 0.15) is 0 Å². The lowest BCUT2D eigenvalue weighted by atomic mass is 10.1. The summed E-state index contributed by atoms with van der Waals surface area (Å²) in [4.78, 5) is 17.4. The van der Waals surface area contributed by atoms with Crippen molar-refractivity contribution in [3.63, 3.8) is 0 Å². The Labute approximate surface area is 155 Å². The zero-order valence-corrected chi connectivity index (χ0v) is 16.3. The van der Waals surface area contributed by atoms with E-state index in [0.29, 0.717) is 26.1 Å². The van der Waals surface area contributed by atoms with Crippen molar-refractivity contribution in [3.05, 3.63) is 29.8 Å². The zero-order chi connectivity index (χ0) is 19.0. The number of benzene rings is 1. The van der Waals surface area contributed by atoms with Gasteiger partial charge in [-0.25, -0.2) is 18.7 Å². The van der Waals surface area contributed by atoms with E-state index in [2.05, 4.69) is 5.48 Å². The maximum atomic E-state index is 12.4. The zero-order valence-electron chi connectivity index (χ0n) is 15.4. The van der Waals surface area contributed by atoms with Crippen molar-refractivity contribution in [1.29, 1.82) is 0 Å². The van der Waals surface area contributed by atoms with Gasteiger partial charge in [-0.05, 0) is 37.0 Å². The van der Waals surface area contributed by atoms with Crippen molar-refractivity contribution in [1.82, 2.24) is 9.79 Å². The van der Waals surface area contributed by atoms with Crippen LogP contribution >= 0.6 is 0 Å².